The van der Waals surface area contributed by atoms with Crippen molar-refractivity contribution < 1.29 is 4.39 Å². The predicted octanol–water partition coefficient (Wildman–Crippen LogP) is 3.19. The molecular formula is C7H9BrClFN2. The molecule has 0 bridgehead atoms. The molecule has 68 valence electrons. The summed E-state index contributed by atoms with van der Waals surface area (Å²) in [4.78, 5) is 0. The van der Waals surface area contributed by atoms with Crippen molar-refractivity contribution in [3.05, 3.63) is 15.6 Å². The minimum absolute atomic E-state index is 0.0323. The molecule has 0 aliphatic carbocycles. The first kappa shape index (κ1) is 9.99. The average Bonchev–Trinajstić information content (AvgIpc) is 2.15. The lowest BCUT2D eigenvalue weighted by Gasteiger charge is -2.19. The third-order valence-corrected chi connectivity index (χ3v) is 2.49. The Morgan fingerprint density at radius 1 is 1.50 bits per heavy atom. The van der Waals surface area contributed by atoms with Gasteiger partial charge in [-0.25, -0.2) is 4.68 Å². The summed E-state index contributed by atoms with van der Waals surface area (Å²) < 4.78 is 14.9. The van der Waals surface area contributed by atoms with Crippen LogP contribution in [0.15, 0.2) is 4.60 Å². The maximum absolute atomic E-state index is 13.3. The van der Waals surface area contributed by atoms with Crippen LogP contribution in [-0.2, 0) is 5.54 Å². The third kappa shape index (κ3) is 1.64. The summed E-state index contributed by atoms with van der Waals surface area (Å²) in [6, 6.07) is 0. The molecule has 0 N–H and O–H groups in total. The van der Waals surface area contributed by atoms with Crippen molar-refractivity contribution in [2.75, 3.05) is 0 Å². The molecule has 1 heterocycles. The predicted molar refractivity (Wildman–Crippen MR) is 49.9 cm³/mol. The van der Waals surface area contributed by atoms with Gasteiger partial charge in [-0.15, -0.1) is 0 Å². The Balaban J connectivity index is 3.28. The van der Waals surface area contributed by atoms with Crippen LogP contribution in [0.25, 0.3) is 0 Å². The van der Waals surface area contributed by atoms with Crippen LogP contribution in [0.2, 0.25) is 5.02 Å². The van der Waals surface area contributed by atoms with Crippen LogP contribution in [-0.4, -0.2) is 9.78 Å². The Kier molecular flexibility index (Phi) is 2.50. The van der Waals surface area contributed by atoms with Gasteiger partial charge >= 0.3 is 0 Å². The van der Waals surface area contributed by atoms with Gasteiger partial charge in [0.05, 0.1) is 5.54 Å². The average molecular weight is 256 g/mol. The molecule has 0 amide bonds. The topological polar surface area (TPSA) is 17.8 Å². The summed E-state index contributed by atoms with van der Waals surface area (Å²) in [6.45, 7) is 5.56. The van der Waals surface area contributed by atoms with Gasteiger partial charge in [0.2, 0.25) is 5.95 Å². The summed E-state index contributed by atoms with van der Waals surface area (Å²) in [5.41, 5.74) is -0.389. The number of rotatable bonds is 0. The SMILES string of the molecule is CC(C)(C)n1nc(Br)c(Cl)c1F. The van der Waals surface area contributed by atoms with Crippen molar-refractivity contribution >= 4 is 27.5 Å². The van der Waals surface area contributed by atoms with Crippen molar-refractivity contribution in [3.63, 3.8) is 0 Å². The second-order valence-corrected chi connectivity index (χ2v) is 4.61. The molecule has 0 aliphatic heterocycles. The highest BCUT2D eigenvalue weighted by Crippen LogP contribution is 2.27. The van der Waals surface area contributed by atoms with E-state index >= 15 is 0 Å². The summed E-state index contributed by atoms with van der Waals surface area (Å²) in [5.74, 6) is -0.504. The Bertz CT molecular complexity index is 303. The molecule has 0 aromatic carbocycles. The minimum Gasteiger partial charge on any atom is -0.232 e. The molecule has 0 spiro atoms. The van der Waals surface area contributed by atoms with Crippen LogP contribution in [0, 0.1) is 5.95 Å². The van der Waals surface area contributed by atoms with Crippen molar-refractivity contribution in [1.29, 1.82) is 0 Å². The van der Waals surface area contributed by atoms with E-state index in [-0.39, 0.29) is 10.6 Å². The standard InChI is InChI=1S/C7H9BrClFN2/c1-7(2,3)12-6(10)4(9)5(8)11-12/h1-3H3. The lowest BCUT2D eigenvalue weighted by molar-refractivity contribution is 0.299. The monoisotopic (exact) mass is 254 g/mol. The molecule has 0 fully saturated rings. The van der Waals surface area contributed by atoms with Gasteiger partial charge in [0.1, 0.15) is 9.63 Å². The summed E-state index contributed by atoms with van der Waals surface area (Å²) in [7, 11) is 0. The van der Waals surface area contributed by atoms with Crippen LogP contribution in [0.5, 0.6) is 0 Å². The van der Waals surface area contributed by atoms with E-state index < -0.39 is 5.95 Å². The minimum atomic E-state index is -0.504. The fourth-order valence-electron chi connectivity index (χ4n) is 0.798. The summed E-state index contributed by atoms with van der Waals surface area (Å²) >= 11 is 8.65. The Hall–Kier alpha value is -0.0900. The van der Waals surface area contributed by atoms with Crippen LogP contribution in [0.3, 0.4) is 0 Å². The smallest absolute Gasteiger partial charge is 0.232 e. The van der Waals surface area contributed by atoms with E-state index in [0.29, 0.717) is 4.60 Å². The van der Waals surface area contributed by atoms with Gasteiger partial charge in [-0.2, -0.15) is 9.49 Å². The summed E-state index contributed by atoms with van der Waals surface area (Å²) in [5, 5.41) is 3.94. The van der Waals surface area contributed by atoms with E-state index in [4.69, 9.17) is 11.6 Å². The first-order valence-electron chi connectivity index (χ1n) is 3.44. The molecule has 1 rings (SSSR count). The molecule has 0 aliphatic rings. The van der Waals surface area contributed by atoms with Crippen molar-refractivity contribution in [1.82, 2.24) is 9.78 Å². The van der Waals surface area contributed by atoms with Gasteiger partial charge in [0.15, 0.2) is 0 Å². The van der Waals surface area contributed by atoms with Crippen LogP contribution < -0.4 is 0 Å². The van der Waals surface area contributed by atoms with Crippen molar-refractivity contribution in [2.45, 2.75) is 26.3 Å². The zero-order valence-electron chi connectivity index (χ0n) is 7.03. The van der Waals surface area contributed by atoms with Gasteiger partial charge in [0, 0.05) is 0 Å². The largest absolute Gasteiger partial charge is 0.232 e. The van der Waals surface area contributed by atoms with Crippen LogP contribution in [0.1, 0.15) is 20.8 Å². The van der Waals surface area contributed by atoms with Gasteiger partial charge < -0.3 is 0 Å². The molecule has 0 saturated carbocycles. The Morgan fingerprint density at radius 2 is 2.00 bits per heavy atom. The molecule has 2 nitrogen and oxygen atoms in total. The van der Waals surface area contributed by atoms with Crippen molar-refractivity contribution in [2.24, 2.45) is 0 Å². The number of halogens is 3. The second-order valence-electron chi connectivity index (χ2n) is 3.48. The van der Waals surface area contributed by atoms with Crippen molar-refractivity contribution in [3.8, 4) is 0 Å². The van der Waals surface area contributed by atoms with Crippen LogP contribution >= 0.6 is 27.5 Å². The molecule has 0 saturated heterocycles. The lowest BCUT2D eigenvalue weighted by atomic mass is 10.1. The summed E-state index contributed by atoms with van der Waals surface area (Å²) in [6.07, 6.45) is 0. The molecule has 5 heteroatoms. The van der Waals surface area contributed by atoms with Crippen LogP contribution in [0.4, 0.5) is 4.39 Å². The van der Waals surface area contributed by atoms with E-state index in [1.165, 1.54) is 4.68 Å². The third-order valence-electron chi connectivity index (χ3n) is 1.37. The molecule has 1 aromatic rings. The maximum Gasteiger partial charge on any atom is 0.232 e. The molecular weight excluding hydrogens is 246 g/mol. The number of hydrogen-bond donors (Lipinski definition) is 0. The van der Waals surface area contributed by atoms with E-state index in [2.05, 4.69) is 21.0 Å². The lowest BCUT2D eigenvalue weighted by Crippen LogP contribution is -2.24. The molecule has 0 unspecified atom stereocenters. The highest BCUT2D eigenvalue weighted by molar-refractivity contribution is 9.10. The van der Waals surface area contributed by atoms with E-state index in [0.717, 1.165) is 0 Å². The molecule has 12 heavy (non-hydrogen) atoms. The highest BCUT2D eigenvalue weighted by atomic mass is 79.9. The number of nitrogens with zero attached hydrogens (tertiary/aromatic N) is 2. The molecule has 0 atom stereocenters. The quantitative estimate of drug-likeness (QED) is 0.696. The zero-order valence-corrected chi connectivity index (χ0v) is 9.37. The van der Waals surface area contributed by atoms with E-state index in [1.807, 2.05) is 20.8 Å². The first-order valence-corrected chi connectivity index (χ1v) is 4.61. The highest BCUT2D eigenvalue weighted by Gasteiger charge is 2.22. The number of aromatic nitrogens is 2. The fourth-order valence-corrected chi connectivity index (χ4v) is 1.24. The van der Waals surface area contributed by atoms with Gasteiger partial charge in [0.25, 0.3) is 0 Å². The van der Waals surface area contributed by atoms with Gasteiger partial charge in [-0.1, -0.05) is 11.6 Å². The second kappa shape index (κ2) is 3.00. The molecule has 0 radical (unpaired) electrons. The van der Waals surface area contributed by atoms with Gasteiger partial charge in [-0.3, -0.25) is 0 Å². The van der Waals surface area contributed by atoms with E-state index in [1.54, 1.807) is 0 Å². The fraction of sp³-hybridized carbons (Fsp3) is 0.571. The Labute approximate surface area is 83.8 Å². The van der Waals surface area contributed by atoms with E-state index in [9.17, 15) is 4.39 Å². The normalized spacial score (nSPS) is 12.2. The Morgan fingerprint density at radius 3 is 2.17 bits per heavy atom. The number of hydrogen-bond acceptors (Lipinski definition) is 1. The first-order chi connectivity index (χ1) is 5.34. The maximum atomic E-state index is 13.3. The molecule has 1 aromatic heterocycles. The zero-order chi connectivity index (χ0) is 9.52. The van der Waals surface area contributed by atoms with Gasteiger partial charge in [-0.05, 0) is 36.7 Å².